The summed E-state index contributed by atoms with van der Waals surface area (Å²) in [6, 6.07) is 49.9. The summed E-state index contributed by atoms with van der Waals surface area (Å²) < 4.78 is 4.84. The maximum absolute atomic E-state index is 2.42. The number of benzene rings is 6. The molecule has 0 saturated carbocycles. The number of nitrogens with zero attached hydrogens (tertiary/aromatic N) is 2. The van der Waals surface area contributed by atoms with Crippen molar-refractivity contribution in [1.82, 2.24) is 9.13 Å². The Morgan fingerprint density at radius 3 is 1.20 bits per heavy atom. The van der Waals surface area contributed by atoms with Gasteiger partial charge in [0.05, 0.1) is 22.1 Å². The van der Waals surface area contributed by atoms with Gasteiger partial charge in [0.1, 0.15) is 0 Å². The highest BCUT2D eigenvalue weighted by Gasteiger charge is 2.16. The molecule has 2 heteroatoms. The average molecular weight is 597 g/mol. The fourth-order valence-electron chi connectivity index (χ4n) is 7.25. The highest BCUT2D eigenvalue weighted by atomic mass is 15.0. The zero-order valence-corrected chi connectivity index (χ0v) is 26.8. The van der Waals surface area contributed by atoms with Gasteiger partial charge in [-0.25, -0.2) is 0 Å². The van der Waals surface area contributed by atoms with Crippen molar-refractivity contribution in [3.63, 3.8) is 0 Å². The van der Waals surface area contributed by atoms with Crippen LogP contribution in [-0.4, -0.2) is 9.13 Å². The molecule has 0 fully saturated rings. The molecule has 0 saturated heterocycles. The van der Waals surface area contributed by atoms with Crippen LogP contribution in [0.15, 0.2) is 133 Å². The van der Waals surface area contributed by atoms with E-state index in [0.29, 0.717) is 0 Å². The van der Waals surface area contributed by atoms with Gasteiger partial charge in [0.2, 0.25) is 0 Å². The topological polar surface area (TPSA) is 9.86 Å². The van der Waals surface area contributed by atoms with Crippen molar-refractivity contribution in [2.45, 2.75) is 52.4 Å². The molecule has 2 nitrogen and oxygen atoms in total. The van der Waals surface area contributed by atoms with Gasteiger partial charge in [0, 0.05) is 32.9 Å². The molecule has 8 aromatic rings. The molecule has 0 bridgehead atoms. The van der Waals surface area contributed by atoms with Crippen molar-refractivity contribution in [2.24, 2.45) is 0 Å². The van der Waals surface area contributed by atoms with Crippen molar-refractivity contribution < 1.29 is 0 Å². The highest BCUT2D eigenvalue weighted by molar-refractivity contribution is 6.12. The standard InChI is InChI=1S/C44H40N2/c1-3-5-11-31-17-23-35(24-18-31)45-41-15-9-7-13-37(41)39-29-33(21-27-43(39)45)34-22-28-44-40(30-34)38-14-8-10-16-42(38)46(44)36-25-19-32(20-26-36)12-6-4-2/h7-10,13-30H,3-6,11-12H2,1-2H3. The summed E-state index contributed by atoms with van der Waals surface area (Å²) in [5.41, 5.74) is 12.7. The molecule has 0 atom stereocenters. The van der Waals surface area contributed by atoms with E-state index in [9.17, 15) is 0 Å². The number of unbranched alkanes of at least 4 members (excludes halogenated alkanes) is 2. The molecule has 46 heavy (non-hydrogen) atoms. The van der Waals surface area contributed by atoms with E-state index in [-0.39, 0.29) is 0 Å². The molecule has 0 aliphatic rings. The highest BCUT2D eigenvalue weighted by Crippen LogP contribution is 2.38. The van der Waals surface area contributed by atoms with Crippen molar-refractivity contribution in [3.05, 3.63) is 145 Å². The third-order valence-corrected chi connectivity index (χ3v) is 9.71. The van der Waals surface area contributed by atoms with Crippen LogP contribution < -0.4 is 0 Å². The summed E-state index contributed by atoms with van der Waals surface area (Å²) in [6.45, 7) is 4.51. The van der Waals surface area contributed by atoms with Crippen LogP contribution in [0.25, 0.3) is 66.1 Å². The number of fused-ring (bicyclic) bond motifs is 6. The summed E-state index contributed by atoms with van der Waals surface area (Å²) >= 11 is 0. The van der Waals surface area contributed by atoms with Gasteiger partial charge in [0.15, 0.2) is 0 Å². The molecule has 0 aliphatic carbocycles. The van der Waals surface area contributed by atoms with E-state index in [4.69, 9.17) is 0 Å². The molecule has 2 heterocycles. The van der Waals surface area contributed by atoms with E-state index in [1.807, 2.05) is 0 Å². The second-order valence-corrected chi connectivity index (χ2v) is 12.7. The molecule has 0 aliphatic heterocycles. The first kappa shape index (κ1) is 28.4. The second-order valence-electron chi connectivity index (χ2n) is 12.7. The van der Waals surface area contributed by atoms with Gasteiger partial charge in [-0.15, -0.1) is 0 Å². The van der Waals surface area contributed by atoms with E-state index in [1.54, 1.807) is 0 Å². The van der Waals surface area contributed by atoms with E-state index >= 15 is 0 Å². The predicted molar refractivity (Wildman–Crippen MR) is 198 cm³/mol. The smallest absolute Gasteiger partial charge is 0.0541 e. The molecular formula is C44H40N2. The van der Waals surface area contributed by atoms with Crippen molar-refractivity contribution in [1.29, 1.82) is 0 Å². The van der Waals surface area contributed by atoms with Gasteiger partial charge >= 0.3 is 0 Å². The van der Waals surface area contributed by atoms with Crippen molar-refractivity contribution in [2.75, 3.05) is 0 Å². The number of hydrogen-bond acceptors (Lipinski definition) is 0. The largest absolute Gasteiger partial charge is 0.309 e. The molecular weight excluding hydrogens is 556 g/mol. The summed E-state index contributed by atoms with van der Waals surface area (Å²) in [5.74, 6) is 0. The molecule has 0 N–H and O–H groups in total. The van der Waals surface area contributed by atoms with Gasteiger partial charge in [-0.2, -0.15) is 0 Å². The molecule has 226 valence electrons. The van der Waals surface area contributed by atoms with E-state index in [2.05, 4.69) is 156 Å². The first-order valence-electron chi connectivity index (χ1n) is 17.0. The normalized spacial score (nSPS) is 11.8. The lowest BCUT2D eigenvalue weighted by molar-refractivity contribution is 0.795. The van der Waals surface area contributed by atoms with Gasteiger partial charge in [0.25, 0.3) is 0 Å². The quantitative estimate of drug-likeness (QED) is 0.157. The van der Waals surface area contributed by atoms with Crippen LogP contribution in [0.1, 0.15) is 50.7 Å². The minimum Gasteiger partial charge on any atom is -0.309 e. The average Bonchev–Trinajstić information content (AvgIpc) is 3.62. The maximum atomic E-state index is 2.42. The zero-order chi connectivity index (χ0) is 31.0. The van der Waals surface area contributed by atoms with E-state index < -0.39 is 0 Å². The van der Waals surface area contributed by atoms with Crippen molar-refractivity contribution >= 4 is 43.6 Å². The first-order chi connectivity index (χ1) is 22.7. The monoisotopic (exact) mass is 596 g/mol. The minimum atomic E-state index is 1.14. The molecule has 0 spiro atoms. The number of aryl methyl sites for hydroxylation is 2. The first-order valence-corrected chi connectivity index (χ1v) is 17.0. The fourth-order valence-corrected chi connectivity index (χ4v) is 7.25. The van der Waals surface area contributed by atoms with E-state index in [1.165, 1.54) is 103 Å². The van der Waals surface area contributed by atoms with Crippen LogP contribution in [0.5, 0.6) is 0 Å². The molecule has 0 unspecified atom stereocenters. The van der Waals surface area contributed by atoms with Crippen LogP contribution in [0.2, 0.25) is 0 Å². The van der Waals surface area contributed by atoms with Crippen LogP contribution in [-0.2, 0) is 12.8 Å². The molecule has 8 rings (SSSR count). The Morgan fingerprint density at radius 1 is 0.391 bits per heavy atom. The third-order valence-electron chi connectivity index (χ3n) is 9.71. The Hall–Kier alpha value is -5.08. The van der Waals surface area contributed by atoms with Crippen LogP contribution in [0.4, 0.5) is 0 Å². The third kappa shape index (κ3) is 4.90. The summed E-state index contributed by atoms with van der Waals surface area (Å²) in [5, 5.41) is 5.15. The molecule has 0 radical (unpaired) electrons. The summed E-state index contributed by atoms with van der Waals surface area (Å²) in [4.78, 5) is 0. The Kier molecular flexibility index (Phi) is 7.42. The second kappa shape index (κ2) is 12.0. The van der Waals surface area contributed by atoms with Gasteiger partial charge in [-0.1, -0.05) is 99.5 Å². The maximum Gasteiger partial charge on any atom is 0.0541 e. The van der Waals surface area contributed by atoms with Gasteiger partial charge in [-0.05, 0) is 109 Å². The Labute approximate surface area is 271 Å². The summed E-state index contributed by atoms with van der Waals surface area (Å²) in [6.07, 6.45) is 7.19. The van der Waals surface area contributed by atoms with Crippen LogP contribution in [0.3, 0.4) is 0 Å². The lowest BCUT2D eigenvalue weighted by Gasteiger charge is -2.10. The van der Waals surface area contributed by atoms with Crippen molar-refractivity contribution in [3.8, 4) is 22.5 Å². The zero-order valence-electron chi connectivity index (χ0n) is 26.8. The Bertz CT molecular complexity index is 2150. The number of rotatable bonds is 9. The number of hydrogen-bond donors (Lipinski definition) is 0. The minimum absolute atomic E-state index is 1.14. The Morgan fingerprint density at radius 2 is 0.783 bits per heavy atom. The number of aromatic nitrogens is 2. The van der Waals surface area contributed by atoms with Gasteiger partial charge in [-0.3, -0.25) is 0 Å². The fraction of sp³-hybridized carbons (Fsp3) is 0.182. The molecule has 2 aromatic heterocycles. The van der Waals surface area contributed by atoms with Gasteiger partial charge < -0.3 is 9.13 Å². The lowest BCUT2D eigenvalue weighted by Crippen LogP contribution is -1.95. The molecule has 0 amide bonds. The predicted octanol–water partition coefficient (Wildman–Crippen LogP) is 12.2. The number of para-hydroxylation sites is 2. The van der Waals surface area contributed by atoms with Crippen LogP contribution in [0, 0.1) is 0 Å². The van der Waals surface area contributed by atoms with Crippen LogP contribution >= 0.6 is 0 Å². The SMILES string of the molecule is CCCCc1ccc(-n2c3ccccc3c3cc(-c4ccc5c(c4)c4ccccc4n5-c4ccc(CCCC)cc4)ccc32)cc1. The lowest BCUT2D eigenvalue weighted by atomic mass is 10.0. The van der Waals surface area contributed by atoms with E-state index in [0.717, 1.165) is 12.8 Å². The Balaban J connectivity index is 1.23. The molecule has 6 aromatic carbocycles. The summed E-state index contributed by atoms with van der Waals surface area (Å²) in [7, 11) is 0.